The van der Waals surface area contributed by atoms with Gasteiger partial charge in [-0.3, -0.25) is 9.59 Å². The highest BCUT2D eigenvalue weighted by atomic mass is 16.5. The number of ether oxygens (including phenoxy) is 2. The summed E-state index contributed by atoms with van der Waals surface area (Å²) >= 11 is 0. The van der Waals surface area contributed by atoms with Gasteiger partial charge in [-0.25, -0.2) is 0 Å². The number of aromatic nitrogens is 1. The zero-order valence-corrected chi connectivity index (χ0v) is 19.5. The number of rotatable bonds is 5. The second-order valence-corrected chi connectivity index (χ2v) is 9.05. The second-order valence-electron chi connectivity index (χ2n) is 9.05. The number of benzene rings is 2. The van der Waals surface area contributed by atoms with Gasteiger partial charge in [0.1, 0.15) is 23.1 Å². The van der Waals surface area contributed by atoms with Gasteiger partial charge in [0.15, 0.2) is 5.58 Å². The molecule has 3 aromatic rings. The standard InChI is InChI=1S/C26H29N3O5/c1-3-17(2)24(30)27-23-25(31)29(16-19-18-8-4-6-10-21(18)34-28-19)20-9-5-7-11-22(20)33-26(23)12-14-32-15-13-26/h4-11,17,23H,3,12-16H2,1-2H3,(H,27,30)/t17-,23-/m1/s1. The molecule has 5 rings (SSSR count). The van der Waals surface area contributed by atoms with Crippen molar-refractivity contribution < 1.29 is 23.6 Å². The summed E-state index contributed by atoms with van der Waals surface area (Å²) < 4.78 is 17.7. The number of carbonyl (C=O) groups is 2. The highest BCUT2D eigenvalue weighted by Gasteiger charge is 2.51. The van der Waals surface area contributed by atoms with Crippen LogP contribution in [0.25, 0.3) is 11.0 Å². The number of nitrogens with zero attached hydrogens (tertiary/aromatic N) is 2. The molecule has 2 amide bonds. The van der Waals surface area contributed by atoms with Gasteiger partial charge < -0.3 is 24.2 Å². The second kappa shape index (κ2) is 9.10. The molecule has 0 aliphatic carbocycles. The monoisotopic (exact) mass is 463 g/mol. The van der Waals surface area contributed by atoms with E-state index in [2.05, 4.69) is 10.5 Å². The first-order valence-electron chi connectivity index (χ1n) is 11.8. The van der Waals surface area contributed by atoms with Crippen LogP contribution in [0.15, 0.2) is 53.1 Å². The molecule has 1 saturated heterocycles. The van der Waals surface area contributed by atoms with Gasteiger partial charge in [-0.05, 0) is 30.7 Å². The molecule has 1 spiro atoms. The minimum absolute atomic E-state index is 0.159. The number of hydrogen-bond acceptors (Lipinski definition) is 6. The zero-order valence-electron chi connectivity index (χ0n) is 19.5. The Balaban J connectivity index is 1.59. The molecule has 1 N–H and O–H groups in total. The molecule has 178 valence electrons. The lowest BCUT2D eigenvalue weighted by Crippen LogP contribution is -2.64. The molecule has 8 nitrogen and oxygen atoms in total. The van der Waals surface area contributed by atoms with Gasteiger partial charge in [-0.15, -0.1) is 0 Å². The Morgan fingerprint density at radius 1 is 1.18 bits per heavy atom. The van der Waals surface area contributed by atoms with Crippen molar-refractivity contribution in [1.29, 1.82) is 0 Å². The molecule has 34 heavy (non-hydrogen) atoms. The van der Waals surface area contributed by atoms with Gasteiger partial charge in [0.05, 0.1) is 25.4 Å². The van der Waals surface area contributed by atoms with Gasteiger partial charge in [-0.1, -0.05) is 43.3 Å². The highest BCUT2D eigenvalue weighted by molar-refractivity contribution is 6.02. The maximum absolute atomic E-state index is 14.2. The molecule has 2 aliphatic rings. The molecule has 2 aliphatic heterocycles. The molecule has 8 heteroatoms. The molecule has 2 aromatic carbocycles. The van der Waals surface area contributed by atoms with Crippen molar-refractivity contribution in [2.75, 3.05) is 18.1 Å². The average Bonchev–Trinajstić information content (AvgIpc) is 3.25. The van der Waals surface area contributed by atoms with Gasteiger partial charge in [-0.2, -0.15) is 0 Å². The zero-order chi connectivity index (χ0) is 23.7. The molecular formula is C26H29N3O5. The van der Waals surface area contributed by atoms with Crippen LogP contribution in [0.4, 0.5) is 5.69 Å². The minimum atomic E-state index is -0.894. The summed E-state index contributed by atoms with van der Waals surface area (Å²) in [4.78, 5) is 28.9. The molecule has 3 heterocycles. The normalized spacial score (nSPS) is 20.5. The average molecular weight is 464 g/mol. The Bertz CT molecular complexity index is 1200. The van der Waals surface area contributed by atoms with Crippen LogP contribution in [0, 0.1) is 5.92 Å². The lowest BCUT2D eigenvalue weighted by Gasteiger charge is -2.41. The highest BCUT2D eigenvalue weighted by Crippen LogP contribution is 2.41. The van der Waals surface area contributed by atoms with E-state index in [-0.39, 0.29) is 24.3 Å². The van der Waals surface area contributed by atoms with E-state index in [9.17, 15) is 9.59 Å². The summed E-state index contributed by atoms with van der Waals surface area (Å²) in [5.74, 6) is -0.00205. The van der Waals surface area contributed by atoms with Crippen molar-refractivity contribution in [3.63, 3.8) is 0 Å². The van der Waals surface area contributed by atoms with Crippen LogP contribution in [0.2, 0.25) is 0 Å². The van der Waals surface area contributed by atoms with Crippen molar-refractivity contribution in [2.45, 2.75) is 51.3 Å². The van der Waals surface area contributed by atoms with Gasteiger partial charge >= 0.3 is 0 Å². The van der Waals surface area contributed by atoms with E-state index < -0.39 is 11.6 Å². The third-order valence-corrected chi connectivity index (χ3v) is 6.95. The fourth-order valence-electron chi connectivity index (χ4n) is 4.68. The van der Waals surface area contributed by atoms with Crippen LogP contribution < -0.4 is 15.0 Å². The molecule has 1 fully saturated rings. The van der Waals surface area contributed by atoms with E-state index in [1.165, 1.54) is 0 Å². The van der Waals surface area contributed by atoms with Gasteiger partial charge in [0.25, 0.3) is 5.91 Å². The number of carbonyl (C=O) groups excluding carboxylic acids is 2. The topological polar surface area (TPSA) is 93.9 Å². The van der Waals surface area contributed by atoms with E-state index in [1.807, 2.05) is 62.4 Å². The fraction of sp³-hybridized carbons (Fsp3) is 0.423. The molecule has 1 aromatic heterocycles. The van der Waals surface area contributed by atoms with E-state index in [0.717, 1.165) is 5.39 Å². The van der Waals surface area contributed by atoms with Crippen molar-refractivity contribution in [2.24, 2.45) is 5.92 Å². The van der Waals surface area contributed by atoms with Crippen molar-refractivity contribution in [3.8, 4) is 5.75 Å². The van der Waals surface area contributed by atoms with Crippen molar-refractivity contribution >= 4 is 28.5 Å². The van der Waals surface area contributed by atoms with Crippen LogP contribution in [-0.2, 0) is 20.9 Å². The summed E-state index contributed by atoms with van der Waals surface area (Å²) in [5.41, 5.74) is 1.06. The van der Waals surface area contributed by atoms with E-state index in [4.69, 9.17) is 14.0 Å². The van der Waals surface area contributed by atoms with E-state index in [1.54, 1.807) is 4.90 Å². The molecule has 0 bridgehead atoms. The van der Waals surface area contributed by atoms with Crippen molar-refractivity contribution in [1.82, 2.24) is 10.5 Å². The molecular weight excluding hydrogens is 434 g/mol. The summed E-state index contributed by atoms with van der Waals surface area (Å²) in [6.45, 7) is 4.93. The Hall–Kier alpha value is -3.39. The summed E-state index contributed by atoms with van der Waals surface area (Å²) in [6.07, 6.45) is 1.68. The number of amides is 2. The van der Waals surface area contributed by atoms with Crippen LogP contribution in [0.3, 0.4) is 0 Å². The first kappa shape index (κ1) is 22.4. The smallest absolute Gasteiger partial charge is 0.254 e. The van der Waals surface area contributed by atoms with Crippen molar-refractivity contribution in [3.05, 3.63) is 54.2 Å². The fourth-order valence-corrected chi connectivity index (χ4v) is 4.68. The Morgan fingerprint density at radius 2 is 1.91 bits per heavy atom. The molecule has 0 saturated carbocycles. The summed E-state index contributed by atoms with van der Waals surface area (Å²) in [7, 11) is 0. The summed E-state index contributed by atoms with van der Waals surface area (Å²) in [6, 6.07) is 14.2. The first-order chi connectivity index (χ1) is 16.5. The Labute approximate surface area is 198 Å². The first-order valence-corrected chi connectivity index (χ1v) is 11.8. The minimum Gasteiger partial charge on any atom is -0.482 e. The number of anilines is 1. The number of hydrogen-bond donors (Lipinski definition) is 1. The number of nitrogens with one attached hydrogen (secondary N) is 1. The van der Waals surface area contributed by atoms with Gasteiger partial charge in [0.2, 0.25) is 5.91 Å². The lowest BCUT2D eigenvalue weighted by atomic mass is 9.84. The van der Waals surface area contributed by atoms with Gasteiger partial charge in [0, 0.05) is 24.1 Å². The van der Waals surface area contributed by atoms with E-state index >= 15 is 0 Å². The van der Waals surface area contributed by atoms with Crippen LogP contribution in [0.5, 0.6) is 5.75 Å². The third-order valence-electron chi connectivity index (χ3n) is 6.95. The maximum atomic E-state index is 14.2. The largest absolute Gasteiger partial charge is 0.482 e. The molecule has 0 unspecified atom stereocenters. The number of fused-ring (bicyclic) bond motifs is 2. The van der Waals surface area contributed by atoms with E-state index in [0.29, 0.717) is 55.2 Å². The van der Waals surface area contributed by atoms with Crippen LogP contribution in [-0.4, -0.2) is 41.8 Å². The lowest BCUT2D eigenvalue weighted by molar-refractivity contribution is -0.138. The predicted molar refractivity (Wildman–Crippen MR) is 126 cm³/mol. The quantitative estimate of drug-likeness (QED) is 0.618. The Kier molecular flexibility index (Phi) is 6.00. The Morgan fingerprint density at radius 3 is 2.71 bits per heavy atom. The SMILES string of the molecule is CC[C@@H](C)C(=O)N[C@@H]1C(=O)N(Cc2noc3ccccc23)c2ccccc2OC12CCOCC2. The third kappa shape index (κ3) is 3.92. The maximum Gasteiger partial charge on any atom is 0.254 e. The predicted octanol–water partition coefficient (Wildman–Crippen LogP) is 3.83. The van der Waals surface area contributed by atoms with Crippen LogP contribution >= 0.6 is 0 Å². The van der Waals surface area contributed by atoms with Crippen LogP contribution in [0.1, 0.15) is 38.8 Å². The number of para-hydroxylation sites is 3. The summed E-state index contributed by atoms with van der Waals surface area (Å²) in [5, 5.41) is 8.13. The molecule has 0 radical (unpaired) electrons. The molecule has 2 atom stereocenters.